The summed E-state index contributed by atoms with van der Waals surface area (Å²) in [5.41, 5.74) is 9.37. The summed E-state index contributed by atoms with van der Waals surface area (Å²) in [6.07, 6.45) is 0. The lowest BCUT2D eigenvalue weighted by Gasteiger charge is -2.03. The quantitative estimate of drug-likeness (QED) is 0.611. The number of methoxy groups -OCH3 is 1. The first kappa shape index (κ1) is 12.1. The number of nitrogens with two attached hydrogens (primary N) is 1. The van der Waals surface area contributed by atoms with Crippen molar-refractivity contribution < 1.29 is 4.74 Å². The molecule has 0 unspecified atom stereocenters. The average molecular weight is 237 g/mol. The second-order valence-electron chi connectivity index (χ2n) is 4.06. The Balaban J connectivity index is 2.27. The van der Waals surface area contributed by atoms with Crippen LogP contribution in [-0.2, 0) is 0 Å². The summed E-state index contributed by atoms with van der Waals surface area (Å²) < 4.78 is 5.27. The molecule has 2 nitrogen and oxygen atoms in total. The molecule has 0 aliphatic heterocycles. The largest absolute Gasteiger partial charge is 0.496 e. The van der Waals surface area contributed by atoms with Gasteiger partial charge in [0, 0.05) is 16.8 Å². The van der Waals surface area contributed by atoms with Crippen LogP contribution in [0.5, 0.6) is 5.75 Å². The van der Waals surface area contributed by atoms with E-state index in [0.717, 1.165) is 28.1 Å². The minimum absolute atomic E-state index is 0.748. The highest BCUT2D eigenvalue weighted by atomic mass is 16.5. The third-order valence-corrected chi connectivity index (χ3v) is 2.67. The van der Waals surface area contributed by atoms with Gasteiger partial charge in [0.2, 0.25) is 0 Å². The van der Waals surface area contributed by atoms with E-state index in [1.807, 2.05) is 49.4 Å². The van der Waals surface area contributed by atoms with E-state index < -0.39 is 0 Å². The first-order valence-electron chi connectivity index (χ1n) is 5.71. The normalized spacial score (nSPS) is 9.44. The van der Waals surface area contributed by atoms with E-state index >= 15 is 0 Å². The fourth-order valence-corrected chi connectivity index (χ4v) is 1.61. The summed E-state index contributed by atoms with van der Waals surface area (Å²) in [5.74, 6) is 7.07. The fourth-order valence-electron chi connectivity index (χ4n) is 1.61. The lowest BCUT2D eigenvalue weighted by Crippen LogP contribution is -1.87. The van der Waals surface area contributed by atoms with E-state index in [2.05, 4.69) is 11.8 Å². The number of hydrogen-bond acceptors (Lipinski definition) is 2. The molecule has 0 amide bonds. The number of hydrogen-bond donors (Lipinski definition) is 1. The van der Waals surface area contributed by atoms with Gasteiger partial charge in [0.25, 0.3) is 0 Å². The van der Waals surface area contributed by atoms with Crippen molar-refractivity contribution in [1.82, 2.24) is 0 Å². The van der Waals surface area contributed by atoms with Gasteiger partial charge >= 0.3 is 0 Å². The van der Waals surface area contributed by atoms with Crippen LogP contribution >= 0.6 is 0 Å². The predicted molar refractivity (Wildman–Crippen MR) is 74.6 cm³/mol. The van der Waals surface area contributed by atoms with E-state index in [1.54, 1.807) is 7.11 Å². The fraction of sp³-hybridized carbons (Fsp3) is 0.125. The Hall–Kier alpha value is -2.40. The van der Waals surface area contributed by atoms with E-state index in [9.17, 15) is 0 Å². The first-order chi connectivity index (χ1) is 8.69. The molecule has 0 aliphatic carbocycles. The number of anilines is 1. The molecule has 0 bridgehead atoms. The maximum Gasteiger partial charge on any atom is 0.123 e. The highest BCUT2D eigenvalue weighted by Crippen LogP contribution is 2.18. The van der Waals surface area contributed by atoms with Gasteiger partial charge in [-0.1, -0.05) is 17.9 Å². The molecule has 0 saturated carbocycles. The standard InChI is InChI=1S/C16H15NO/c1-12-3-4-14(11-16(12)18-2)6-5-13-7-9-15(17)10-8-13/h3-4,7-11H,17H2,1-2H3. The van der Waals surface area contributed by atoms with Gasteiger partial charge in [0.1, 0.15) is 5.75 Å². The zero-order valence-corrected chi connectivity index (χ0v) is 10.5. The molecule has 0 spiro atoms. The van der Waals surface area contributed by atoms with Crippen LogP contribution in [0.3, 0.4) is 0 Å². The van der Waals surface area contributed by atoms with Gasteiger partial charge in [-0.25, -0.2) is 0 Å². The van der Waals surface area contributed by atoms with Crippen LogP contribution in [0.2, 0.25) is 0 Å². The van der Waals surface area contributed by atoms with Gasteiger partial charge < -0.3 is 10.5 Å². The van der Waals surface area contributed by atoms with Crippen LogP contribution in [0.15, 0.2) is 42.5 Å². The van der Waals surface area contributed by atoms with Crippen molar-refractivity contribution >= 4 is 5.69 Å². The molecule has 0 aliphatic rings. The Morgan fingerprint density at radius 3 is 2.22 bits per heavy atom. The number of benzene rings is 2. The molecule has 2 heteroatoms. The van der Waals surface area contributed by atoms with E-state index in [-0.39, 0.29) is 0 Å². The van der Waals surface area contributed by atoms with Crippen molar-refractivity contribution in [2.45, 2.75) is 6.92 Å². The number of ether oxygens (including phenoxy) is 1. The molecule has 2 aromatic carbocycles. The third kappa shape index (κ3) is 2.83. The Labute approximate surface area is 107 Å². The zero-order chi connectivity index (χ0) is 13.0. The molecule has 2 N–H and O–H groups in total. The SMILES string of the molecule is COc1cc(C#Cc2ccc(N)cc2)ccc1C. The van der Waals surface area contributed by atoms with Crippen LogP contribution < -0.4 is 10.5 Å². The van der Waals surface area contributed by atoms with E-state index in [0.29, 0.717) is 0 Å². The van der Waals surface area contributed by atoms with Crippen molar-refractivity contribution in [3.63, 3.8) is 0 Å². The minimum Gasteiger partial charge on any atom is -0.496 e. The Kier molecular flexibility index (Phi) is 3.54. The maximum absolute atomic E-state index is 5.62. The van der Waals surface area contributed by atoms with Crippen molar-refractivity contribution in [3.05, 3.63) is 59.2 Å². The van der Waals surface area contributed by atoms with Gasteiger partial charge in [-0.15, -0.1) is 0 Å². The highest BCUT2D eigenvalue weighted by molar-refractivity contribution is 5.49. The van der Waals surface area contributed by atoms with Gasteiger partial charge in [-0.2, -0.15) is 0 Å². The van der Waals surface area contributed by atoms with Crippen LogP contribution in [-0.4, -0.2) is 7.11 Å². The van der Waals surface area contributed by atoms with E-state index in [4.69, 9.17) is 10.5 Å². The molecule has 18 heavy (non-hydrogen) atoms. The van der Waals surface area contributed by atoms with Crippen molar-refractivity contribution in [2.24, 2.45) is 0 Å². The zero-order valence-electron chi connectivity index (χ0n) is 10.5. The number of aryl methyl sites for hydroxylation is 1. The average Bonchev–Trinajstić information content (AvgIpc) is 2.39. The van der Waals surface area contributed by atoms with E-state index in [1.165, 1.54) is 0 Å². The van der Waals surface area contributed by atoms with Crippen molar-refractivity contribution in [3.8, 4) is 17.6 Å². The van der Waals surface area contributed by atoms with Gasteiger partial charge in [-0.05, 0) is 48.9 Å². The summed E-state index contributed by atoms with van der Waals surface area (Å²) in [4.78, 5) is 0. The first-order valence-corrected chi connectivity index (χ1v) is 5.71. The molecule has 2 rings (SSSR count). The summed E-state index contributed by atoms with van der Waals surface area (Å²) in [6.45, 7) is 2.01. The summed E-state index contributed by atoms with van der Waals surface area (Å²) in [6, 6.07) is 13.5. The minimum atomic E-state index is 0.748. The third-order valence-electron chi connectivity index (χ3n) is 2.67. The summed E-state index contributed by atoms with van der Waals surface area (Å²) in [7, 11) is 1.67. The van der Waals surface area contributed by atoms with Gasteiger partial charge in [0.05, 0.1) is 7.11 Å². The molecule has 90 valence electrons. The molecule has 0 saturated heterocycles. The van der Waals surface area contributed by atoms with Gasteiger partial charge in [-0.3, -0.25) is 0 Å². The Morgan fingerprint density at radius 1 is 0.944 bits per heavy atom. The predicted octanol–water partition coefficient (Wildman–Crippen LogP) is 2.99. The molecular formula is C16H15NO. The lowest BCUT2D eigenvalue weighted by molar-refractivity contribution is 0.411. The smallest absolute Gasteiger partial charge is 0.123 e. The highest BCUT2D eigenvalue weighted by Gasteiger charge is 1.97. The molecule has 0 atom stereocenters. The molecule has 0 aromatic heterocycles. The molecule has 0 radical (unpaired) electrons. The van der Waals surface area contributed by atoms with Crippen LogP contribution in [0.25, 0.3) is 0 Å². The van der Waals surface area contributed by atoms with Crippen molar-refractivity contribution in [1.29, 1.82) is 0 Å². The summed E-state index contributed by atoms with van der Waals surface area (Å²) >= 11 is 0. The Morgan fingerprint density at radius 2 is 1.56 bits per heavy atom. The number of nitrogen functional groups attached to an aromatic ring is 1. The molecule has 0 fully saturated rings. The van der Waals surface area contributed by atoms with Gasteiger partial charge in [0.15, 0.2) is 0 Å². The second kappa shape index (κ2) is 5.29. The van der Waals surface area contributed by atoms with Crippen LogP contribution in [0, 0.1) is 18.8 Å². The molecule has 2 aromatic rings. The molecular weight excluding hydrogens is 222 g/mol. The van der Waals surface area contributed by atoms with Crippen LogP contribution in [0.4, 0.5) is 5.69 Å². The topological polar surface area (TPSA) is 35.2 Å². The van der Waals surface area contributed by atoms with Crippen LogP contribution in [0.1, 0.15) is 16.7 Å². The maximum atomic E-state index is 5.62. The molecule has 0 heterocycles. The Bertz CT molecular complexity index is 603. The number of rotatable bonds is 1. The van der Waals surface area contributed by atoms with Crippen molar-refractivity contribution in [2.75, 3.05) is 12.8 Å². The lowest BCUT2D eigenvalue weighted by atomic mass is 10.1. The monoisotopic (exact) mass is 237 g/mol. The second-order valence-corrected chi connectivity index (χ2v) is 4.06. The summed E-state index contributed by atoms with van der Waals surface area (Å²) in [5, 5.41) is 0.